The molecule has 0 atom stereocenters. The van der Waals surface area contributed by atoms with Crippen molar-refractivity contribution in [3.05, 3.63) is 101 Å². The zero-order valence-corrected chi connectivity index (χ0v) is 38.0. The van der Waals surface area contributed by atoms with Gasteiger partial charge in [0, 0.05) is 42.2 Å². The van der Waals surface area contributed by atoms with Crippen molar-refractivity contribution in [2.75, 3.05) is 21.3 Å². The van der Waals surface area contributed by atoms with Crippen LogP contribution < -0.4 is 21.3 Å². The first kappa shape index (κ1) is 47.1. The van der Waals surface area contributed by atoms with Gasteiger partial charge in [0.05, 0.1) is 11.3 Å². The molecule has 2 aliphatic carbocycles. The predicted molar refractivity (Wildman–Crippen MR) is 244 cm³/mol. The number of sulfone groups is 1. The molecule has 20 nitrogen and oxygen atoms in total. The first-order chi connectivity index (χ1) is 31.7. The average molecular weight is 973 g/mol. The molecule has 342 valence electrons. The number of benzene rings is 1. The Kier molecular flexibility index (Phi) is 14.9. The summed E-state index contributed by atoms with van der Waals surface area (Å²) in [7, 11) is -4.28. The zero-order chi connectivity index (χ0) is 47.0. The van der Waals surface area contributed by atoms with E-state index in [0.717, 1.165) is 80.0 Å². The number of carbonyl (C=O) groups excluding carboxylic acids is 4. The van der Waals surface area contributed by atoms with E-state index in [1.54, 1.807) is 36.7 Å². The maximum absolute atomic E-state index is 13.0. The van der Waals surface area contributed by atoms with Crippen molar-refractivity contribution in [2.24, 2.45) is 11.8 Å². The summed E-state index contributed by atoms with van der Waals surface area (Å²) in [6.45, 7) is 1.90. The molecule has 8 rings (SSSR count). The van der Waals surface area contributed by atoms with Gasteiger partial charge in [-0.2, -0.15) is 0 Å². The fraction of sp³-hybridized carbons (Fsp3) is 0.262. The largest absolute Gasteiger partial charge is 0.476 e. The Labute approximate surface area is 388 Å². The summed E-state index contributed by atoms with van der Waals surface area (Å²) in [6, 6.07) is 11.2. The summed E-state index contributed by atoms with van der Waals surface area (Å²) in [4.78, 5) is 96.7. The van der Waals surface area contributed by atoms with Gasteiger partial charge in [0.1, 0.15) is 10.0 Å². The summed E-state index contributed by atoms with van der Waals surface area (Å²) in [5.74, 6) is -2.93. The minimum Gasteiger partial charge on any atom is -0.476 e. The number of H-pyrrole nitrogens is 1. The monoisotopic (exact) mass is 972 g/mol. The van der Waals surface area contributed by atoms with Crippen molar-refractivity contribution >= 4 is 102 Å². The maximum Gasteiger partial charge on any atom is 0.356 e. The van der Waals surface area contributed by atoms with Crippen LogP contribution in [0.5, 0.6) is 0 Å². The molecule has 0 bridgehead atoms. The number of aryl methyl sites for hydroxylation is 1. The van der Waals surface area contributed by atoms with Crippen molar-refractivity contribution in [3.63, 3.8) is 0 Å². The number of carboxylic acids is 2. The summed E-state index contributed by atoms with van der Waals surface area (Å²) in [5.41, 5.74) is 1.22. The van der Waals surface area contributed by atoms with Crippen molar-refractivity contribution in [2.45, 2.75) is 76.9 Å². The van der Waals surface area contributed by atoms with Crippen LogP contribution in [0.3, 0.4) is 0 Å². The third-order valence-corrected chi connectivity index (χ3v) is 15.5. The standard InChI is InChI=1S/C21H19N5O6S2.C21H21N5O4S2/c27-16(12-6-1-2-7-12)13-8-5-11-23-17(13)25-20(30)26-21-24-15(18(28)29)19(33-21)34(31,32)14-9-3-4-10-22-14;1-11-6-7-14(13(10-11)16(27)12-4-2-3-5-12)24-19(30)26-21-25-15(17(28)29)18(32-21)31-20-22-8-9-23-20/h3-5,8-12H,1-2,6-7H2,(H,28,29)(H2,23,24,25,26,30);6-10,12H,2-5H2,1H3,(H,22,23)(H,28,29)(H2,24,25,26,30). The fourth-order valence-electron chi connectivity index (χ4n) is 7.21. The number of pyridine rings is 2. The number of Topliss-reactive ketones (excluding diaryl/α,β-unsaturated/α-hetero) is 2. The first-order valence-corrected chi connectivity index (χ1v) is 24.2. The number of imidazole rings is 1. The number of rotatable bonds is 14. The highest BCUT2D eigenvalue weighted by molar-refractivity contribution is 8.01. The molecule has 7 N–H and O–H groups in total. The molecule has 2 aliphatic rings. The number of hydrogen-bond acceptors (Lipinski definition) is 16. The number of aromatic amines is 1. The van der Waals surface area contributed by atoms with Crippen LogP contribution in [-0.4, -0.2) is 84.1 Å². The fourth-order valence-corrected chi connectivity index (χ4v) is 11.8. The lowest BCUT2D eigenvalue weighted by Crippen LogP contribution is -2.23. The molecule has 1 aromatic carbocycles. The topological polar surface area (TPSA) is 305 Å². The van der Waals surface area contributed by atoms with Crippen LogP contribution in [0.2, 0.25) is 0 Å². The smallest absolute Gasteiger partial charge is 0.356 e. The highest BCUT2D eigenvalue weighted by Crippen LogP contribution is 2.37. The molecule has 0 saturated heterocycles. The Bertz CT molecular complexity index is 2890. The summed E-state index contributed by atoms with van der Waals surface area (Å²) in [5, 5.41) is 29.0. The van der Waals surface area contributed by atoms with Crippen LogP contribution in [0.25, 0.3) is 0 Å². The number of ketones is 2. The highest BCUT2D eigenvalue weighted by Gasteiger charge is 2.32. The van der Waals surface area contributed by atoms with Crippen LogP contribution in [-0.2, 0) is 9.84 Å². The number of hydrogen-bond donors (Lipinski definition) is 7. The van der Waals surface area contributed by atoms with Crippen LogP contribution >= 0.6 is 34.4 Å². The molecule has 0 spiro atoms. The molecule has 5 aromatic heterocycles. The van der Waals surface area contributed by atoms with Gasteiger partial charge in [-0.15, -0.1) is 0 Å². The van der Waals surface area contributed by atoms with Gasteiger partial charge in [0.15, 0.2) is 47.6 Å². The molecule has 6 aromatic rings. The molecule has 0 aliphatic heterocycles. The molecule has 0 unspecified atom stereocenters. The molecular formula is C42H40N10O10S4. The molecule has 0 radical (unpaired) electrons. The number of aromatic carboxylic acids is 2. The predicted octanol–water partition coefficient (Wildman–Crippen LogP) is 8.52. The highest BCUT2D eigenvalue weighted by atomic mass is 32.2. The van der Waals surface area contributed by atoms with E-state index in [9.17, 15) is 47.4 Å². The summed E-state index contributed by atoms with van der Waals surface area (Å²) >= 11 is 2.63. The summed E-state index contributed by atoms with van der Waals surface area (Å²) < 4.78 is 25.5. The quantitative estimate of drug-likeness (QED) is 0.0503. The number of carboxylic acid groups (broad SMARTS) is 2. The van der Waals surface area contributed by atoms with Gasteiger partial charge in [-0.05, 0) is 80.8 Å². The normalized spacial score (nSPS) is 13.9. The van der Waals surface area contributed by atoms with Crippen molar-refractivity contribution in [1.82, 2.24) is 29.9 Å². The Morgan fingerprint density at radius 3 is 1.94 bits per heavy atom. The lowest BCUT2D eigenvalue weighted by molar-refractivity contribution is 0.0677. The molecule has 5 heterocycles. The average Bonchev–Trinajstić information content (AvgIpc) is 4.16. The Morgan fingerprint density at radius 2 is 1.32 bits per heavy atom. The molecule has 2 fully saturated rings. The second-order valence-electron chi connectivity index (χ2n) is 14.9. The molecule has 66 heavy (non-hydrogen) atoms. The number of carbonyl (C=O) groups is 6. The van der Waals surface area contributed by atoms with Gasteiger partial charge in [-0.25, -0.2) is 52.5 Å². The molecule has 24 heteroatoms. The van der Waals surface area contributed by atoms with Gasteiger partial charge in [0.25, 0.3) is 0 Å². The summed E-state index contributed by atoms with van der Waals surface area (Å²) in [6.07, 6.45) is 13.2. The maximum atomic E-state index is 13.0. The number of nitrogens with zero attached hydrogens (tertiary/aromatic N) is 5. The van der Waals surface area contributed by atoms with Crippen molar-refractivity contribution < 1.29 is 47.4 Å². The van der Waals surface area contributed by atoms with E-state index < -0.39 is 43.7 Å². The molecule has 2 saturated carbocycles. The number of anilines is 4. The van der Waals surface area contributed by atoms with Gasteiger partial charge < -0.3 is 20.5 Å². The van der Waals surface area contributed by atoms with E-state index >= 15 is 0 Å². The Morgan fingerprint density at radius 1 is 0.697 bits per heavy atom. The SMILES string of the molecule is Cc1ccc(NC(=O)Nc2nc(C(=O)O)c(Sc3ncc[nH]3)s2)c(C(=O)C2CCCC2)c1.O=C(Nc1nc(C(=O)O)c(S(=O)(=O)c2ccccn2)s1)Nc1ncccc1C(=O)C1CCCC1. The van der Waals surface area contributed by atoms with Crippen molar-refractivity contribution in [3.8, 4) is 0 Å². The second kappa shape index (κ2) is 21.0. The second-order valence-corrected chi connectivity index (χ2v) is 20.2. The number of thiazole rings is 2. The first-order valence-electron chi connectivity index (χ1n) is 20.3. The minimum atomic E-state index is -4.28. The van der Waals surface area contributed by atoms with Gasteiger partial charge >= 0.3 is 24.0 Å². The van der Waals surface area contributed by atoms with E-state index in [-0.39, 0.29) is 55.8 Å². The van der Waals surface area contributed by atoms with E-state index in [0.29, 0.717) is 32.0 Å². The Balaban J connectivity index is 0.000000197. The molecular weight excluding hydrogens is 933 g/mol. The number of amides is 4. The van der Waals surface area contributed by atoms with Crippen molar-refractivity contribution in [1.29, 1.82) is 0 Å². The lowest BCUT2D eigenvalue weighted by Gasteiger charge is -2.14. The minimum absolute atomic E-state index is 0.0151. The van der Waals surface area contributed by atoms with Gasteiger partial charge in [-0.1, -0.05) is 66.1 Å². The van der Waals surface area contributed by atoms with Gasteiger partial charge in [-0.3, -0.25) is 25.5 Å². The van der Waals surface area contributed by atoms with Crippen LogP contribution in [0.4, 0.5) is 31.4 Å². The van der Waals surface area contributed by atoms with Gasteiger partial charge in [0.2, 0.25) is 9.84 Å². The number of urea groups is 2. The third-order valence-electron chi connectivity index (χ3n) is 10.3. The van der Waals surface area contributed by atoms with E-state index in [2.05, 4.69) is 51.2 Å². The number of aromatic nitrogens is 6. The van der Waals surface area contributed by atoms with E-state index in [4.69, 9.17) is 0 Å². The third kappa shape index (κ3) is 11.3. The Hall–Kier alpha value is -6.89. The van der Waals surface area contributed by atoms with Crippen LogP contribution in [0.1, 0.15) is 98.6 Å². The van der Waals surface area contributed by atoms with Crippen LogP contribution in [0, 0.1) is 18.8 Å². The number of nitrogens with one attached hydrogen (secondary N) is 5. The van der Waals surface area contributed by atoms with E-state index in [1.165, 1.54) is 30.6 Å². The van der Waals surface area contributed by atoms with Crippen LogP contribution in [0.15, 0.2) is 91.9 Å². The molecule has 4 amide bonds. The van der Waals surface area contributed by atoms with E-state index in [1.807, 2.05) is 13.0 Å². The zero-order valence-electron chi connectivity index (χ0n) is 34.8. The lowest BCUT2D eigenvalue weighted by atomic mass is 9.94.